The van der Waals surface area contributed by atoms with Gasteiger partial charge in [-0.05, 0) is 75.6 Å². The number of carbonyl (C=O) groups excluding carboxylic acids is 1. The minimum atomic E-state index is -0.407. The van der Waals surface area contributed by atoms with E-state index in [1.54, 1.807) is 0 Å². The van der Waals surface area contributed by atoms with Gasteiger partial charge in [0, 0.05) is 5.69 Å². The van der Waals surface area contributed by atoms with Gasteiger partial charge in [-0.25, -0.2) is 0 Å². The molecule has 3 rings (SSSR count). The van der Waals surface area contributed by atoms with Gasteiger partial charge in [0.15, 0.2) is 0 Å². The lowest BCUT2D eigenvalue weighted by Gasteiger charge is -2.34. The third-order valence-electron chi connectivity index (χ3n) is 4.76. The van der Waals surface area contributed by atoms with Crippen LogP contribution in [-0.2, 0) is 17.6 Å². The average molecular weight is 272 g/mol. The second-order valence-corrected chi connectivity index (χ2v) is 6.32. The summed E-state index contributed by atoms with van der Waals surface area (Å²) in [4.78, 5) is 12.6. The Bertz CT molecular complexity index is 504. The number of hydrogen-bond donors (Lipinski definition) is 2. The zero-order valence-electron chi connectivity index (χ0n) is 12.3. The van der Waals surface area contributed by atoms with Gasteiger partial charge in [-0.2, -0.15) is 0 Å². The first kappa shape index (κ1) is 13.6. The number of benzene rings is 1. The third kappa shape index (κ3) is 2.59. The molecular weight excluding hydrogens is 248 g/mol. The highest BCUT2D eigenvalue weighted by atomic mass is 16.2. The minimum Gasteiger partial charge on any atom is -0.324 e. The molecule has 2 aliphatic rings. The molecule has 0 spiro atoms. The third-order valence-corrected chi connectivity index (χ3v) is 4.76. The lowest BCUT2D eigenvalue weighted by Crippen LogP contribution is -2.54. The molecule has 1 saturated heterocycles. The molecule has 1 amide bonds. The van der Waals surface area contributed by atoms with E-state index in [9.17, 15) is 4.79 Å². The molecule has 1 atom stereocenters. The molecular formula is C17H24N2O. The van der Waals surface area contributed by atoms with Crippen molar-refractivity contribution in [3.63, 3.8) is 0 Å². The van der Waals surface area contributed by atoms with E-state index in [4.69, 9.17) is 0 Å². The van der Waals surface area contributed by atoms with Crippen LogP contribution in [0.25, 0.3) is 0 Å². The van der Waals surface area contributed by atoms with Gasteiger partial charge in [0.05, 0.1) is 5.54 Å². The minimum absolute atomic E-state index is 0.121. The van der Waals surface area contributed by atoms with Crippen molar-refractivity contribution in [1.82, 2.24) is 5.32 Å². The van der Waals surface area contributed by atoms with Crippen LogP contribution in [0, 0.1) is 0 Å². The van der Waals surface area contributed by atoms with Gasteiger partial charge < -0.3 is 10.6 Å². The van der Waals surface area contributed by atoms with Gasteiger partial charge in [0.25, 0.3) is 0 Å². The summed E-state index contributed by atoms with van der Waals surface area (Å²) in [6.45, 7) is 2.97. The van der Waals surface area contributed by atoms with Gasteiger partial charge in [0.2, 0.25) is 5.91 Å². The van der Waals surface area contributed by atoms with Crippen LogP contribution < -0.4 is 10.6 Å². The maximum absolute atomic E-state index is 12.6. The van der Waals surface area contributed by atoms with E-state index in [1.807, 2.05) is 13.0 Å². The van der Waals surface area contributed by atoms with E-state index in [2.05, 4.69) is 22.8 Å². The Balaban J connectivity index is 1.79. The fourth-order valence-electron chi connectivity index (χ4n) is 3.41. The molecule has 3 nitrogen and oxygen atoms in total. The quantitative estimate of drug-likeness (QED) is 0.869. The number of rotatable bonds is 2. The first-order valence-corrected chi connectivity index (χ1v) is 7.86. The Labute approximate surface area is 121 Å². The standard InChI is InChI=1S/C17H24N2O/c1-17(11-4-5-12-18-17)16(20)19-15-10-6-8-13-7-2-3-9-14(13)15/h6,8,10,18H,2-5,7,9,11-12H2,1H3,(H,19,20). The summed E-state index contributed by atoms with van der Waals surface area (Å²) < 4.78 is 0. The summed E-state index contributed by atoms with van der Waals surface area (Å²) in [5, 5.41) is 6.56. The normalized spacial score (nSPS) is 25.9. The Hall–Kier alpha value is -1.35. The van der Waals surface area contributed by atoms with E-state index in [1.165, 1.54) is 30.4 Å². The monoisotopic (exact) mass is 272 g/mol. The van der Waals surface area contributed by atoms with Crippen molar-refractivity contribution in [1.29, 1.82) is 0 Å². The van der Waals surface area contributed by atoms with Crippen molar-refractivity contribution in [2.75, 3.05) is 11.9 Å². The molecule has 1 aliphatic carbocycles. The number of anilines is 1. The number of aryl methyl sites for hydroxylation is 1. The predicted octanol–water partition coefficient (Wildman–Crippen LogP) is 3.04. The van der Waals surface area contributed by atoms with Crippen molar-refractivity contribution in [2.24, 2.45) is 0 Å². The molecule has 0 aromatic heterocycles. The summed E-state index contributed by atoms with van der Waals surface area (Å²) in [5.41, 5.74) is 3.39. The highest BCUT2D eigenvalue weighted by Crippen LogP contribution is 2.29. The Morgan fingerprint density at radius 2 is 2.05 bits per heavy atom. The Morgan fingerprint density at radius 1 is 1.20 bits per heavy atom. The Kier molecular flexibility index (Phi) is 3.79. The number of carbonyl (C=O) groups is 1. The van der Waals surface area contributed by atoms with Crippen LogP contribution in [0.3, 0.4) is 0 Å². The van der Waals surface area contributed by atoms with E-state index in [0.717, 1.165) is 37.9 Å². The fraction of sp³-hybridized carbons (Fsp3) is 0.588. The molecule has 108 valence electrons. The zero-order valence-corrected chi connectivity index (χ0v) is 12.3. The molecule has 2 N–H and O–H groups in total. The molecule has 1 fully saturated rings. The van der Waals surface area contributed by atoms with Crippen LogP contribution in [0.4, 0.5) is 5.69 Å². The Morgan fingerprint density at radius 3 is 2.85 bits per heavy atom. The molecule has 0 saturated carbocycles. The second kappa shape index (κ2) is 5.57. The van der Waals surface area contributed by atoms with Crippen LogP contribution >= 0.6 is 0 Å². The highest BCUT2D eigenvalue weighted by Gasteiger charge is 2.34. The zero-order chi connectivity index (χ0) is 14.0. The van der Waals surface area contributed by atoms with E-state index in [-0.39, 0.29) is 5.91 Å². The number of amides is 1. The van der Waals surface area contributed by atoms with E-state index >= 15 is 0 Å². The number of nitrogens with one attached hydrogen (secondary N) is 2. The number of hydrogen-bond acceptors (Lipinski definition) is 2. The van der Waals surface area contributed by atoms with Gasteiger partial charge in [0.1, 0.15) is 0 Å². The summed E-state index contributed by atoms with van der Waals surface area (Å²) in [6.07, 6.45) is 7.96. The van der Waals surface area contributed by atoms with Crippen molar-refractivity contribution in [3.8, 4) is 0 Å². The second-order valence-electron chi connectivity index (χ2n) is 6.32. The van der Waals surface area contributed by atoms with Crippen LogP contribution in [0.5, 0.6) is 0 Å². The van der Waals surface area contributed by atoms with Crippen molar-refractivity contribution >= 4 is 11.6 Å². The van der Waals surface area contributed by atoms with Crippen LogP contribution in [0.15, 0.2) is 18.2 Å². The molecule has 1 aromatic rings. The van der Waals surface area contributed by atoms with Crippen molar-refractivity contribution in [2.45, 2.75) is 57.4 Å². The van der Waals surface area contributed by atoms with Crippen LogP contribution in [-0.4, -0.2) is 18.0 Å². The van der Waals surface area contributed by atoms with Gasteiger partial charge in [-0.15, -0.1) is 0 Å². The topological polar surface area (TPSA) is 41.1 Å². The summed E-state index contributed by atoms with van der Waals surface area (Å²) in [5.74, 6) is 0.121. The number of fused-ring (bicyclic) bond motifs is 1. The largest absolute Gasteiger partial charge is 0.324 e. The summed E-state index contributed by atoms with van der Waals surface area (Å²) in [7, 11) is 0. The lowest BCUT2D eigenvalue weighted by atomic mass is 9.88. The van der Waals surface area contributed by atoms with Crippen LogP contribution in [0.2, 0.25) is 0 Å². The molecule has 1 aliphatic heterocycles. The maximum Gasteiger partial charge on any atom is 0.244 e. The summed E-state index contributed by atoms with van der Waals surface area (Å²) >= 11 is 0. The molecule has 0 bridgehead atoms. The molecule has 3 heteroatoms. The van der Waals surface area contributed by atoms with Crippen LogP contribution in [0.1, 0.15) is 50.2 Å². The van der Waals surface area contributed by atoms with Gasteiger partial charge >= 0.3 is 0 Å². The van der Waals surface area contributed by atoms with Gasteiger partial charge in [-0.3, -0.25) is 4.79 Å². The average Bonchev–Trinajstić information content (AvgIpc) is 2.48. The highest BCUT2D eigenvalue weighted by molar-refractivity contribution is 5.98. The van der Waals surface area contributed by atoms with Gasteiger partial charge in [-0.1, -0.05) is 12.1 Å². The molecule has 1 aromatic carbocycles. The molecule has 1 unspecified atom stereocenters. The fourth-order valence-corrected chi connectivity index (χ4v) is 3.41. The SMILES string of the molecule is CC1(C(=O)Nc2cccc3c2CCCC3)CCCCN1. The smallest absolute Gasteiger partial charge is 0.244 e. The predicted molar refractivity (Wildman–Crippen MR) is 82.0 cm³/mol. The van der Waals surface area contributed by atoms with E-state index in [0.29, 0.717) is 0 Å². The first-order valence-electron chi connectivity index (χ1n) is 7.86. The molecule has 0 radical (unpaired) electrons. The maximum atomic E-state index is 12.6. The lowest BCUT2D eigenvalue weighted by molar-refractivity contribution is -0.122. The van der Waals surface area contributed by atoms with E-state index < -0.39 is 5.54 Å². The molecule has 20 heavy (non-hydrogen) atoms. The number of piperidine rings is 1. The molecule has 1 heterocycles. The van der Waals surface area contributed by atoms with Crippen molar-refractivity contribution < 1.29 is 4.79 Å². The summed E-state index contributed by atoms with van der Waals surface area (Å²) in [6, 6.07) is 6.31. The first-order chi connectivity index (χ1) is 9.69. The van der Waals surface area contributed by atoms with Crippen molar-refractivity contribution in [3.05, 3.63) is 29.3 Å².